The quantitative estimate of drug-likeness (QED) is 0.734. The van der Waals surface area contributed by atoms with Gasteiger partial charge in [0.05, 0.1) is 18.8 Å². The van der Waals surface area contributed by atoms with Crippen LogP contribution in [0.4, 0.5) is 0 Å². The molecule has 0 unspecified atom stereocenters. The lowest BCUT2D eigenvalue weighted by Gasteiger charge is -2.56. The van der Waals surface area contributed by atoms with Crippen LogP contribution in [0.2, 0.25) is 0 Å². The Bertz CT molecular complexity index is 253. The molecule has 0 aromatic carbocycles. The van der Waals surface area contributed by atoms with Crippen LogP contribution in [-0.2, 0) is 4.74 Å². The molecule has 1 N–H and O–H groups in total. The highest BCUT2D eigenvalue weighted by Crippen LogP contribution is 2.38. The van der Waals surface area contributed by atoms with Gasteiger partial charge in [-0.3, -0.25) is 4.90 Å². The third-order valence-electron chi connectivity index (χ3n) is 4.93. The molecule has 3 rings (SSSR count). The molecule has 0 aliphatic carbocycles. The van der Waals surface area contributed by atoms with Gasteiger partial charge in [-0.15, -0.1) is 0 Å². The molecule has 0 spiro atoms. The van der Waals surface area contributed by atoms with Crippen molar-refractivity contribution in [2.24, 2.45) is 5.92 Å². The lowest BCUT2D eigenvalue weighted by Crippen LogP contribution is -2.70. The number of piperazine rings is 1. The SMILES string of the molecule is CN1CCC(C2(N3CCNCC3)COC2)CC1. The number of ether oxygens (including phenoxy) is 1. The molecular formula is C13H25N3O. The summed E-state index contributed by atoms with van der Waals surface area (Å²) < 4.78 is 5.60. The second-order valence-electron chi connectivity index (χ2n) is 5.91. The van der Waals surface area contributed by atoms with Gasteiger partial charge in [0.2, 0.25) is 0 Å². The zero-order chi connectivity index (χ0) is 11.7. The van der Waals surface area contributed by atoms with Crippen LogP contribution in [-0.4, -0.2) is 74.9 Å². The first-order valence-corrected chi connectivity index (χ1v) is 7.03. The number of nitrogens with zero attached hydrogens (tertiary/aromatic N) is 2. The summed E-state index contributed by atoms with van der Waals surface area (Å²) in [6, 6.07) is 0. The fraction of sp³-hybridized carbons (Fsp3) is 1.00. The van der Waals surface area contributed by atoms with Crippen molar-refractivity contribution in [3.63, 3.8) is 0 Å². The van der Waals surface area contributed by atoms with E-state index < -0.39 is 0 Å². The van der Waals surface area contributed by atoms with Crippen molar-refractivity contribution in [1.82, 2.24) is 15.1 Å². The fourth-order valence-corrected chi connectivity index (χ4v) is 3.64. The molecule has 4 heteroatoms. The Hall–Kier alpha value is -0.160. The molecule has 0 amide bonds. The van der Waals surface area contributed by atoms with Crippen molar-refractivity contribution in [3.8, 4) is 0 Å². The van der Waals surface area contributed by atoms with E-state index in [1.807, 2.05) is 0 Å². The summed E-state index contributed by atoms with van der Waals surface area (Å²) in [5.41, 5.74) is 0.392. The number of hydrogen-bond acceptors (Lipinski definition) is 4. The molecule has 4 nitrogen and oxygen atoms in total. The Labute approximate surface area is 104 Å². The number of hydrogen-bond donors (Lipinski definition) is 1. The molecule has 17 heavy (non-hydrogen) atoms. The zero-order valence-electron chi connectivity index (χ0n) is 11.0. The second kappa shape index (κ2) is 4.84. The number of rotatable bonds is 2. The van der Waals surface area contributed by atoms with Crippen molar-refractivity contribution in [2.45, 2.75) is 18.4 Å². The lowest BCUT2D eigenvalue weighted by molar-refractivity contribution is -0.179. The molecule has 98 valence electrons. The Morgan fingerprint density at radius 3 is 2.24 bits per heavy atom. The Balaban J connectivity index is 1.68. The van der Waals surface area contributed by atoms with Gasteiger partial charge in [0.25, 0.3) is 0 Å². The van der Waals surface area contributed by atoms with Crippen LogP contribution in [0.5, 0.6) is 0 Å². The predicted molar refractivity (Wildman–Crippen MR) is 68.2 cm³/mol. The van der Waals surface area contributed by atoms with Crippen LogP contribution in [0.15, 0.2) is 0 Å². The average molecular weight is 239 g/mol. The number of nitrogens with one attached hydrogen (secondary N) is 1. The summed E-state index contributed by atoms with van der Waals surface area (Å²) in [6.45, 7) is 9.17. The molecule has 3 fully saturated rings. The maximum Gasteiger partial charge on any atom is 0.0708 e. The van der Waals surface area contributed by atoms with E-state index in [9.17, 15) is 0 Å². The van der Waals surface area contributed by atoms with E-state index in [0.29, 0.717) is 5.54 Å². The molecule has 3 aliphatic heterocycles. The monoisotopic (exact) mass is 239 g/mol. The van der Waals surface area contributed by atoms with Gasteiger partial charge >= 0.3 is 0 Å². The first kappa shape index (κ1) is 11.9. The summed E-state index contributed by atoms with van der Waals surface area (Å²) in [4.78, 5) is 5.17. The molecule has 0 atom stereocenters. The summed E-state index contributed by atoms with van der Waals surface area (Å²) in [6.07, 6.45) is 2.70. The van der Waals surface area contributed by atoms with Crippen LogP contribution in [0.25, 0.3) is 0 Å². The second-order valence-corrected chi connectivity index (χ2v) is 5.91. The standard InChI is InChI=1S/C13H25N3O/c1-15-6-2-12(3-7-15)13(10-17-11-13)16-8-4-14-5-9-16/h12,14H,2-11H2,1H3. The summed E-state index contributed by atoms with van der Waals surface area (Å²) in [7, 11) is 2.24. The molecule has 3 saturated heterocycles. The topological polar surface area (TPSA) is 27.7 Å². The van der Waals surface area contributed by atoms with Crippen molar-refractivity contribution in [1.29, 1.82) is 0 Å². The highest BCUT2D eigenvalue weighted by molar-refractivity contribution is 5.04. The highest BCUT2D eigenvalue weighted by atomic mass is 16.5. The minimum absolute atomic E-state index is 0.392. The minimum atomic E-state index is 0.392. The molecule has 0 radical (unpaired) electrons. The minimum Gasteiger partial charge on any atom is -0.377 e. The van der Waals surface area contributed by atoms with Crippen LogP contribution in [0.3, 0.4) is 0 Å². The first-order valence-electron chi connectivity index (χ1n) is 7.03. The van der Waals surface area contributed by atoms with E-state index in [1.54, 1.807) is 0 Å². The third-order valence-corrected chi connectivity index (χ3v) is 4.93. The largest absolute Gasteiger partial charge is 0.377 e. The van der Waals surface area contributed by atoms with Crippen molar-refractivity contribution in [3.05, 3.63) is 0 Å². The van der Waals surface area contributed by atoms with Crippen molar-refractivity contribution in [2.75, 3.05) is 59.5 Å². The average Bonchev–Trinajstić information content (AvgIpc) is 2.32. The van der Waals surface area contributed by atoms with Gasteiger partial charge in [-0.2, -0.15) is 0 Å². The first-order chi connectivity index (χ1) is 8.31. The van der Waals surface area contributed by atoms with Crippen LogP contribution < -0.4 is 5.32 Å². The van der Waals surface area contributed by atoms with E-state index in [0.717, 1.165) is 32.2 Å². The van der Waals surface area contributed by atoms with Crippen LogP contribution in [0, 0.1) is 5.92 Å². The van der Waals surface area contributed by atoms with Gasteiger partial charge in [0.15, 0.2) is 0 Å². The van der Waals surface area contributed by atoms with Crippen molar-refractivity contribution < 1.29 is 4.74 Å². The normalized spacial score (nSPS) is 32.3. The van der Waals surface area contributed by atoms with Gasteiger partial charge in [-0.05, 0) is 38.9 Å². The maximum absolute atomic E-state index is 5.60. The third kappa shape index (κ3) is 2.12. The summed E-state index contributed by atoms with van der Waals surface area (Å²) in [5.74, 6) is 0.852. The summed E-state index contributed by atoms with van der Waals surface area (Å²) >= 11 is 0. The Morgan fingerprint density at radius 2 is 1.71 bits per heavy atom. The van der Waals surface area contributed by atoms with Gasteiger partial charge < -0.3 is 15.0 Å². The molecule has 0 aromatic heterocycles. The maximum atomic E-state index is 5.60. The molecule has 0 saturated carbocycles. The van der Waals surface area contributed by atoms with Gasteiger partial charge in [0, 0.05) is 26.2 Å². The summed E-state index contributed by atoms with van der Waals surface area (Å²) in [5, 5.41) is 3.45. The Morgan fingerprint density at radius 1 is 1.06 bits per heavy atom. The number of piperidine rings is 1. The van der Waals surface area contributed by atoms with E-state index in [-0.39, 0.29) is 0 Å². The Kier molecular flexibility index (Phi) is 3.39. The predicted octanol–water partition coefficient (Wildman–Crippen LogP) is 0.00240. The van der Waals surface area contributed by atoms with Crippen LogP contribution in [0.1, 0.15) is 12.8 Å². The number of likely N-dealkylation sites (tertiary alicyclic amines) is 1. The van der Waals surface area contributed by atoms with Crippen molar-refractivity contribution >= 4 is 0 Å². The van der Waals surface area contributed by atoms with E-state index in [2.05, 4.69) is 22.2 Å². The molecule has 3 aliphatic rings. The van der Waals surface area contributed by atoms with Crippen LogP contribution >= 0.6 is 0 Å². The van der Waals surface area contributed by atoms with Gasteiger partial charge in [-0.1, -0.05) is 0 Å². The highest BCUT2D eigenvalue weighted by Gasteiger charge is 2.50. The molecule has 0 aromatic rings. The van der Waals surface area contributed by atoms with E-state index in [1.165, 1.54) is 39.0 Å². The van der Waals surface area contributed by atoms with E-state index >= 15 is 0 Å². The lowest BCUT2D eigenvalue weighted by atomic mass is 9.74. The fourth-order valence-electron chi connectivity index (χ4n) is 3.64. The zero-order valence-corrected chi connectivity index (χ0v) is 11.0. The molecule has 3 heterocycles. The molecule has 0 bridgehead atoms. The van der Waals surface area contributed by atoms with Gasteiger partial charge in [-0.25, -0.2) is 0 Å². The van der Waals surface area contributed by atoms with E-state index in [4.69, 9.17) is 4.74 Å². The van der Waals surface area contributed by atoms with Gasteiger partial charge in [0.1, 0.15) is 0 Å². The molecular weight excluding hydrogens is 214 g/mol. The smallest absolute Gasteiger partial charge is 0.0708 e.